The van der Waals surface area contributed by atoms with Crippen LogP contribution in [-0.4, -0.2) is 39.0 Å². The van der Waals surface area contributed by atoms with Crippen LogP contribution >= 0.6 is 0 Å². The molecule has 1 fully saturated rings. The van der Waals surface area contributed by atoms with Gasteiger partial charge in [-0.1, -0.05) is 12.1 Å². The van der Waals surface area contributed by atoms with E-state index in [1.165, 1.54) is 13.0 Å². The maximum Gasteiger partial charge on any atom is 0.416 e. The van der Waals surface area contributed by atoms with Crippen LogP contribution in [0.3, 0.4) is 0 Å². The molecule has 4 heterocycles. The Morgan fingerprint density at radius 3 is 2.70 bits per heavy atom. The lowest BCUT2D eigenvalue weighted by Crippen LogP contribution is -2.29. The fourth-order valence-corrected chi connectivity index (χ4v) is 5.03. The van der Waals surface area contributed by atoms with Gasteiger partial charge in [0, 0.05) is 56.3 Å². The molecule has 0 saturated carbocycles. The Bertz CT molecular complexity index is 1170. The van der Waals surface area contributed by atoms with Gasteiger partial charge in [-0.3, -0.25) is 9.30 Å². The molecule has 1 N–H and O–H groups in total. The van der Waals surface area contributed by atoms with Crippen molar-refractivity contribution >= 4 is 11.6 Å². The molecule has 2 aliphatic rings. The van der Waals surface area contributed by atoms with Crippen molar-refractivity contribution in [2.24, 2.45) is 5.92 Å². The summed E-state index contributed by atoms with van der Waals surface area (Å²) in [5.41, 5.74) is 3.54. The molecule has 0 amide bonds. The molecule has 176 valence electrons. The Balaban J connectivity index is 1.42. The average Bonchev–Trinajstić information content (AvgIpc) is 3.35. The predicted molar refractivity (Wildman–Crippen MR) is 119 cm³/mol. The zero-order valence-electron chi connectivity index (χ0n) is 18.9. The van der Waals surface area contributed by atoms with E-state index in [0.29, 0.717) is 23.1 Å². The van der Waals surface area contributed by atoms with Crippen molar-refractivity contribution in [2.75, 3.05) is 25.1 Å². The van der Waals surface area contributed by atoms with Gasteiger partial charge in [0.25, 0.3) is 0 Å². The lowest BCUT2D eigenvalue weighted by molar-refractivity contribution is -0.138. The summed E-state index contributed by atoms with van der Waals surface area (Å²) < 4.78 is 47.6. The van der Waals surface area contributed by atoms with E-state index in [0.717, 1.165) is 68.7 Å². The van der Waals surface area contributed by atoms with Crippen LogP contribution in [0.15, 0.2) is 24.4 Å². The van der Waals surface area contributed by atoms with Gasteiger partial charge in [-0.05, 0) is 49.8 Å². The summed E-state index contributed by atoms with van der Waals surface area (Å²) in [6.45, 7) is 8.01. The van der Waals surface area contributed by atoms with Crippen LogP contribution in [0.4, 0.5) is 19.0 Å². The molecular weight excluding hydrogens is 431 g/mol. The largest absolute Gasteiger partial charge is 0.416 e. The Labute approximate surface area is 190 Å². The van der Waals surface area contributed by atoms with E-state index in [9.17, 15) is 13.2 Å². The first-order valence-electron chi connectivity index (χ1n) is 11.4. The fourth-order valence-electron chi connectivity index (χ4n) is 5.03. The summed E-state index contributed by atoms with van der Waals surface area (Å²) in [5, 5.41) is 3.33. The number of rotatable bonds is 5. The number of halogens is 3. The summed E-state index contributed by atoms with van der Waals surface area (Å²) in [7, 11) is 0. The molecule has 0 aliphatic carbocycles. The van der Waals surface area contributed by atoms with Gasteiger partial charge in [-0.2, -0.15) is 18.2 Å². The second kappa shape index (κ2) is 8.61. The second-order valence-corrected chi connectivity index (χ2v) is 9.09. The highest BCUT2D eigenvalue weighted by molar-refractivity contribution is 5.55. The minimum Gasteiger partial charge on any atom is -0.381 e. The van der Waals surface area contributed by atoms with Crippen LogP contribution in [0, 0.1) is 19.8 Å². The average molecular weight is 460 g/mol. The van der Waals surface area contributed by atoms with Crippen molar-refractivity contribution in [3.05, 3.63) is 58.0 Å². The van der Waals surface area contributed by atoms with E-state index in [1.54, 1.807) is 6.07 Å². The van der Waals surface area contributed by atoms with E-state index in [4.69, 9.17) is 9.72 Å². The van der Waals surface area contributed by atoms with Crippen molar-refractivity contribution < 1.29 is 17.9 Å². The monoisotopic (exact) mass is 459 g/mol. The number of anilines is 1. The zero-order chi connectivity index (χ0) is 23.2. The van der Waals surface area contributed by atoms with E-state index in [-0.39, 0.29) is 12.1 Å². The Kier molecular flexibility index (Phi) is 5.78. The molecule has 2 aliphatic heterocycles. The third-order valence-electron chi connectivity index (χ3n) is 6.85. The molecule has 33 heavy (non-hydrogen) atoms. The molecular formula is C24H28F3N5O. The number of hydrogen-bond acceptors (Lipinski definition) is 5. The molecule has 0 radical (unpaired) electrons. The Morgan fingerprint density at radius 2 is 1.94 bits per heavy atom. The predicted octanol–water partition coefficient (Wildman–Crippen LogP) is 4.72. The number of aryl methyl sites for hydroxylation is 1. The van der Waals surface area contributed by atoms with Gasteiger partial charge in [-0.25, -0.2) is 4.98 Å². The third kappa shape index (κ3) is 4.31. The molecule has 5 rings (SSSR count). The van der Waals surface area contributed by atoms with Crippen LogP contribution in [0.25, 0.3) is 5.78 Å². The lowest BCUT2D eigenvalue weighted by Gasteiger charge is -2.26. The number of nitrogens with one attached hydrogen (secondary N) is 1. The highest BCUT2D eigenvalue weighted by Gasteiger charge is 2.33. The van der Waals surface area contributed by atoms with Gasteiger partial charge in [0.1, 0.15) is 5.82 Å². The summed E-state index contributed by atoms with van der Waals surface area (Å²) in [4.78, 5) is 11.6. The number of benzene rings is 1. The minimum atomic E-state index is -4.36. The second-order valence-electron chi connectivity index (χ2n) is 9.09. The molecule has 1 aromatic carbocycles. The maximum absolute atomic E-state index is 13.3. The van der Waals surface area contributed by atoms with Gasteiger partial charge < -0.3 is 10.1 Å². The minimum absolute atomic E-state index is 0.244. The van der Waals surface area contributed by atoms with Crippen LogP contribution < -0.4 is 5.32 Å². The van der Waals surface area contributed by atoms with E-state index in [2.05, 4.69) is 19.6 Å². The number of imidazole rings is 1. The van der Waals surface area contributed by atoms with Crippen molar-refractivity contribution in [3.8, 4) is 0 Å². The third-order valence-corrected chi connectivity index (χ3v) is 6.85. The number of hydrogen-bond donors (Lipinski definition) is 1. The van der Waals surface area contributed by atoms with Crippen molar-refractivity contribution in [1.82, 2.24) is 19.3 Å². The van der Waals surface area contributed by atoms with Crippen molar-refractivity contribution in [2.45, 2.75) is 52.5 Å². The number of fused-ring (bicyclic) bond motifs is 3. The maximum atomic E-state index is 13.3. The van der Waals surface area contributed by atoms with Crippen LogP contribution in [0.2, 0.25) is 0 Å². The topological polar surface area (TPSA) is 54.7 Å². The fraction of sp³-hybridized carbons (Fsp3) is 0.500. The smallest absolute Gasteiger partial charge is 0.381 e. The summed E-state index contributed by atoms with van der Waals surface area (Å²) >= 11 is 0. The Hall–Kier alpha value is -2.65. The number of ether oxygens (including phenoxy) is 1. The normalized spacial score (nSPS) is 17.6. The Morgan fingerprint density at radius 1 is 1.15 bits per heavy atom. The van der Waals surface area contributed by atoms with Crippen LogP contribution in [0.5, 0.6) is 0 Å². The van der Waals surface area contributed by atoms with Gasteiger partial charge >= 0.3 is 6.18 Å². The zero-order valence-corrected chi connectivity index (χ0v) is 18.9. The lowest BCUT2D eigenvalue weighted by atomic mass is 10.00. The molecule has 3 aromatic rings. The molecule has 0 spiro atoms. The molecule has 6 nitrogen and oxygen atoms in total. The first-order chi connectivity index (χ1) is 15.8. The summed E-state index contributed by atoms with van der Waals surface area (Å²) in [6, 6.07) is 4.32. The van der Waals surface area contributed by atoms with Gasteiger partial charge in [0.05, 0.1) is 11.8 Å². The molecule has 0 bridgehead atoms. The van der Waals surface area contributed by atoms with Gasteiger partial charge in [-0.15, -0.1) is 0 Å². The first kappa shape index (κ1) is 22.2. The first-order valence-corrected chi connectivity index (χ1v) is 11.4. The standard InChI is InChI=1S/C24H28F3N5O/c1-15-10-29-23-30-22(28-11-18-4-3-5-20(16(18)2)24(25,26)27)19-13-31(14-21(19)32(15)23)12-17-6-8-33-9-7-17/h3-5,10,17H,6-9,11-14H2,1-2H3,(H,28,29,30). The highest BCUT2D eigenvalue weighted by atomic mass is 19.4. The quantitative estimate of drug-likeness (QED) is 0.599. The van der Waals surface area contributed by atoms with E-state index < -0.39 is 11.7 Å². The molecule has 9 heteroatoms. The van der Waals surface area contributed by atoms with Crippen LogP contribution in [-0.2, 0) is 30.5 Å². The van der Waals surface area contributed by atoms with E-state index >= 15 is 0 Å². The molecule has 0 unspecified atom stereocenters. The SMILES string of the molecule is Cc1c(CNc2nc3ncc(C)n3c3c2CN(CC2CCOCC2)C3)cccc1C(F)(F)F. The van der Waals surface area contributed by atoms with Crippen molar-refractivity contribution in [3.63, 3.8) is 0 Å². The van der Waals surface area contributed by atoms with Gasteiger partial charge in [0.15, 0.2) is 0 Å². The molecule has 1 saturated heterocycles. The number of aromatic nitrogens is 3. The summed E-state index contributed by atoms with van der Waals surface area (Å²) in [5.74, 6) is 1.93. The molecule has 2 aromatic heterocycles. The highest BCUT2D eigenvalue weighted by Crippen LogP contribution is 2.34. The van der Waals surface area contributed by atoms with Gasteiger partial charge in [0.2, 0.25) is 5.78 Å². The summed E-state index contributed by atoms with van der Waals surface area (Å²) in [6.07, 6.45) is -0.407. The number of nitrogens with zero attached hydrogens (tertiary/aromatic N) is 4. The van der Waals surface area contributed by atoms with Crippen LogP contribution in [0.1, 0.15) is 46.5 Å². The van der Waals surface area contributed by atoms with Crippen molar-refractivity contribution in [1.29, 1.82) is 0 Å². The molecule has 0 atom stereocenters. The van der Waals surface area contributed by atoms with E-state index in [1.807, 2.05) is 13.1 Å². The number of alkyl halides is 3.